The van der Waals surface area contributed by atoms with Crippen LogP contribution in [0.4, 0.5) is 5.69 Å². The Morgan fingerprint density at radius 3 is 2.16 bits per heavy atom. The number of amides is 4. The van der Waals surface area contributed by atoms with Crippen LogP contribution in [-0.2, 0) is 24.7 Å². The fraction of sp³-hybridized carbons (Fsp3) is 0.311. The lowest BCUT2D eigenvalue weighted by Crippen LogP contribution is -2.57. The molecule has 0 spiro atoms. The molecule has 1 aromatic heterocycles. The summed E-state index contributed by atoms with van der Waals surface area (Å²) in [5, 5.41) is 20.0. The van der Waals surface area contributed by atoms with Crippen molar-refractivity contribution in [2.75, 3.05) is 46.6 Å². The van der Waals surface area contributed by atoms with Gasteiger partial charge in [0, 0.05) is 23.1 Å². The monoisotopic (exact) mass is 764 g/mol. The highest BCUT2D eigenvalue weighted by Gasteiger charge is 2.46. The number of benzene rings is 4. The van der Waals surface area contributed by atoms with Gasteiger partial charge in [-0.2, -0.15) is 5.26 Å². The number of likely N-dealkylation sites (tertiary alicyclic amines) is 1. The molecule has 12 nitrogen and oxygen atoms in total. The molecule has 4 amide bonds. The van der Waals surface area contributed by atoms with E-state index in [2.05, 4.69) is 27.0 Å². The van der Waals surface area contributed by atoms with Gasteiger partial charge in [-0.15, -0.1) is 0 Å². The molecular weight excluding hydrogens is 717 g/mol. The third-order valence-electron chi connectivity index (χ3n) is 11.3. The van der Waals surface area contributed by atoms with Gasteiger partial charge in [0.25, 0.3) is 5.91 Å². The zero-order valence-electron chi connectivity index (χ0n) is 32.7. The molecular formula is C45H48N8O4. The first-order chi connectivity index (χ1) is 27.5. The average molecular weight is 765 g/mol. The van der Waals surface area contributed by atoms with Crippen molar-refractivity contribution >= 4 is 40.2 Å². The minimum absolute atomic E-state index is 0.116. The molecule has 0 bridgehead atoms. The van der Waals surface area contributed by atoms with Gasteiger partial charge in [-0.25, -0.2) is 0 Å². The number of fused-ring (bicyclic) bond motifs is 1. The van der Waals surface area contributed by atoms with E-state index in [0.717, 1.165) is 30.5 Å². The first kappa shape index (κ1) is 39.1. The van der Waals surface area contributed by atoms with Crippen LogP contribution in [0.5, 0.6) is 0 Å². The van der Waals surface area contributed by atoms with Crippen LogP contribution in [0.25, 0.3) is 22.2 Å². The molecule has 0 unspecified atom stereocenters. The van der Waals surface area contributed by atoms with Crippen molar-refractivity contribution in [3.05, 3.63) is 125 Å². The average Bonchev–Trinajstić information content (AvgIpc) is 4.00. The number of aromatic amines is 1. The minimum atomic E-state index is -1.34. The Balaban J connectivity index is 1.15. The zero-order valence-corrected chi connectivity index (χ0v) is 32.7. The summed E-state index contributed by atoms with van der Waals surface area (Å²) >= 11 is 0. The molecule has 12 heteroatoms. The lowest BCUT2D eigenvalue weighted by Gasteiger charge is -2.39. The molecule has 0 saturated carbocycles. The van der Waals surface area contributed by atoms with E-state index in [1.807, 2.05) is 129 Å². The molecule has 3 heterocycles. The van der Waals surface area contributed by atoms with Gasteiger partial charge < -0.3 is 20.5 Å². The first-order valence-corrected chi connectivity index (χ1v) is 19.4. The molecule has 0 aliphatic carbocycles. The van der Waals surface area contributed by atoms with Crippen molar-refractivity contribution in [3.8, 4) is 17.3 Å². The van der Waals surface area contributed by atoms with E-state index in [4.69, 9.17) is 0 Å². The fourth-order valence-corrected chi connectivity index (χ4v) is 8.49. The summed E-state index contributed by atoms with van der Waals surface area (Å²) in [4.78, 5) is 63.9. The molecule has 7 rings (SSSR count). The van der Waals surface area contributed by atoms with Gasteiger partial charge in [0.2, 0.25) is 17.7 Å². The summed E-state index contributed by atoms with van der Waals surface area (Å²) in [5.74, 6) is -1.20. The van der Waals surface area contributed by atoms with E-state index in [-0.39, 0.29) is 17.7 Å². The van der Waals surface area contributed by atoms with Crippen LogP contribution in [0.2, 0.25) is 0 Å². The van der Waals surface area contributed by atoms with E-state index >= 15 is 0 Å². The standard InChI is InChI=1S/C45H48N8O4/c1-51(2)40(30-13-7-5-8-14-30)43(56)53-26-12-18-38(53)42(55)48-33-23-24-36-34(27-33)35(28-46)39(49-36)29-19-21-32(22-20-29)45(52(3)4,31-15-9-6-10-16-31)44(57)50-41(54)37-17-11-25-47-37/h5-10,13-16,19-24,27,37-38,40,47,49H,11-12,17-18,25-26H2,1-4H3,(H,48,55)(H,50,54,57)/t37-,38-,40+,45+/m0/s1. The lowest BCUT2D eigenvalue weighted by atomic mass is 9.80. The van der Waals surface area contributed by atoms with Gasteiger partial charge in [-0.3, -0.25) is 34.3 Å². The third kappa shape index (κ3) is 7.45. The van der Waals surface area contributed by atoms with Crippen LogP contribution in [0, 0.1) is 11.3 Å². The van der Waals surface area contributed by atoms with Crippen LogP contribution in [0.3, 0.4) is 0 Å². The number of imide groups is 1. The predicted molar refractivity (Wildman–Crippen MR) is 220 cm³/mol. The Bertz CT molecular complexity index is 2310. The highest BCUT2D eigenvalue weighted by atomic mass is 16.2. The molecule has 2 saturated heterocycles. The Morgan fingerprint density at radius 2 is 1.53 bits per heavy atom. The number of nitrogens with zero attached hydrogens (tertiary/aromatic N) is 4. The summed E-state index contributed by atoms with van der Waals surface area (Å²) < 4.78 is 0. The van der Waals surface area contributed by atoms with Crippen LogP contribution >= 0.6 is 0 Å². The van der Waals surface area contributed by atoms with Crippen LogP contribution < -0.4 is 16.0 Å². The van der Waals surface area contributed by atoms with Crippen molar-refractivity contribution in [2.24, 2.45) is 0 Å². The van der Waals surface area contributed by atoms with E-state index in [9.17, 15) is 24.4 Å². The van der Waals surface area contributed by atoms with E-state index in [0.29, 0.717) is 58.4 Å². The summed E-state index contributed by atoms with van der Waals surface area (Å²) in [7, 11) is 7.35. The molecule has 2 fully saturated rings. The van der Waals surface area contributed by atoms with Crippen molar-refractivity contribution in [2.45, 2.75) is 49.3 Å². The molecule has 4 aromatic carbocycles. The van der Waals surface area contributed by atoms with Gasteiger partial charge in [0.05, 0.1) is 17.3 Å². The second kappa shape index (κ2) is 16.5. The first-order valence-electron chi connectivity index (χ1n) is 19.4. The Labute approximate surface area is 332 Å². The topological polar surface area (TPSA) is 154 Å². The fourth-order valence-electron chi connectivity index (χ4n) is 8.49. The largest absolute Gasteiger partial charge is 0.353 e. The van der Waals surface area contributed by atoms with Crippen molar-refractivity contribution in [3.63, 3.8) is 0 Å². The second-order valence-electron chi connectivity index (χ2n) is 15.2. The maximum Gasteiger partial charge on any atom is 0.256 e. The Kier molecular flexibility index (Phi) is 11.3. The van der Waals surface area contributed by atoms with E-state index in [1.54, 1.807) is 17.0 Å². The van der Waals surface area contributed by atoms with Crippen LogP contribution in [0.15, 0.2) is 103 Å². The number of hydrogen-bond acceptors (Lipinski definition) is 8. The summed E-state index contributed by atoms with van der Waals surface area (Å²) in [6.45, 7) is 1.22. The molecule has 4 N–H and O–H groups in total. The molecule has 2 aliphatic rings. The Hall–Kier alpha value is -6.13. The van der Waals surface area contributed by atoms with Gasteiger partial charge in [0.15, 0.2) is 5.54 Å². The van der Waals surface area contributed by atoms with E-state index < -0.39 is 29.6 Å². The summed E-state index contributed by atoms with van der Waals surface area (Å²) in [6.07, 6.45) is 2.81. The maximum atomic E-state index is 14.3. The molecule has 0 radical (unpaired) electrons. The molecule has 5 aromatic rings. The van der Waals surface area contributed by atoms with E-state index in [1.165, 1.54) is 0 Å². The smallest absolute Gasteiger partial charge is 0.256 e. The Morgan fingerprint density at radius 1 is 0.842 bits per heavy atom. The van der Waals surface area contributed by atoms with Crippen LogP contribution in [0.1, 0.15) is 54.0 Å². The number of anilines is 1. The lowest BCUT2D eigenvalue weighted by molar-refractivity contribution is -0.141. The van der Waals surface area contributed by atoms with Gasteiger partial charge >= 0.3 is 0 Å². The molecule has 2 aliphatic heterocycles. The minimum Gasteiger partial charge on any atom is -0.353 e. The normalized spacial score (nSPS) is 18.3. The van der Waals surface area contributed by atoms with Crippen molar-refractivity contribution in [1.82, 2.24) is 30.3 Å². The SMILES string of the molecule is CN(C)[C@@H](C(=O)N1CCC[C@H]1C(=O)Nc1ccc2[nH]c(-c3ccc([C@@](C(=O)NC(=O)[C@@H]4CCCN4)(c4ccccc4)N(C)C)cc3)c(C#N)c2c1)c1ccccc1. The maximum absolute atomic E-state index is 14.3. The molecule has 292 valence electrons. The van der Waals surface area contributed by atoms with Gasteiger partial charge in [-0.05, 0) is 101 Å². The highest BCUT2D eigenvalue weighted by molar-refractivity contribution is 6.05. The number of likely N-dealkylation sites (N-methyl/N-ethyl adjacent to an activating group) is 2. The number of aromatic nitrogens is 1. The number of carbonyl (C=O) groups excluding carboxylic acids is 4. The number of hydrogen-bond donors (Lipinski definition) is 4. The number of rotatable bonds is 11. The number of nitriles is 1. The molecule has 57 heavy (non-hydrogen) atoms. The van der Waals surface area contributed by atoms with Crippen LogP contribution in [-0.4, -0.2) is 96.7 Å². The number of H-pyrrole nitrogens is 1. The van der Waals surface area contributed by atoms with Crippen molar-refractivity contribution < 1.29 is 19.2 Å². The molecule has 4 atom stereocenters. The van der Waals surface area contributed by atoms with Gasteiger partial charge in [-0.1, -0.05) is 84.9 Å². The summed E-state index contributed by atoms with van der Waals surface area (Å²) in [5.41, 5.74) is 3.81. The number of carbonyl (C=O) groups is 4. The zero-order chi connectivity index (χ0) is 40.3. The van der Waals surface area contributed by atoms with Crippen molar-refractivity contribution in [1.29, 1.82) is 5.26 Å². The van der Waals surface area contributed by atoms with Gasteiger partial charge in [0.1, 0.15) is 18.2 Å². The predicted octanol–water partition coefficient (Wildman–Crippen LogP) is 5.14. The third-order valence-corrected chi connectivity index (χ3v) is 11.3. The second-order valence-corrected chi connectivity index (χ2v) is 15.2. The summed E-state index contributed by atoms with van der Waals surface area (Å²) in [6, 6.07) is 32.5. The number of nitrogens with one attached hydrogen (secondary N) is 4. The quantitative estimate of drug-likeness (QED) is 0.144. The highest BCUT2D eigenvalue weighted by Crippen LogP contribution is 2.38.